The quantitative estimate of drug-likeness (QED) is 0.454. The maximum atomic E-state index is 13.8. The molecule has 2 aromatic rings. The van der Waals surface area contributed by atoms with Crippen LogP contribution in [0.4, 0.5) is 26.2 Å². The third-order valence-corrected chi connectivity index (χ3v) is 5.28. The van der Waals surface area contributed by atoms with Crippen molar-refractivity contribution in [3.8, 4) is 0 Å². The molecule has 10 heteroatoms. The van der Waals surface area contributed by atoms with E-state index in [4.69, 9.17) is 5.73 Å². The number of hydrogen-bond donors (Lipinski definition) is 3. The van der Waals surface area contributed by atoms with E-state index < -0.39 is 16.6 Å². The zero-order valence-corrected chi connectivity index (χ0v) is 15.9. The van der Waals surface area contributed by atoms with E-state index in [0.29, 0.717) is 24.9 Å². The number of nitrogens with two attached hydrogens (primary N) is 1. The van der Waals surface area contributed by atoms with Crippen LogP contribution in [0.3, 0.4) is 0 Å². The van der Waals surface area contributed by atoms with E-state index in [1.165, 1.54) is 6.07 Å². The van der Waals surface area contributed by atoms with E-state index >= 15 is 0 Å². The summed E-state index contributed by atoms with van der Waals surface area (Å²) in [5.74, 6) is -0.156. The molecular formula is C19H24F2N6O2. The van der Waals surface area contributed by atoms with Crippen molar-refractivity contribution in [3.63, 3.8) is 0 Å². The highest BCUT2D eigenvalue weighted by atomic mass is 19.1. The minimum Gasteiger partial charge on any atom is -0.364 e. The molecule has 1 fully saturated rings. The predicted molar refractivity (Wildman–Crippen MR) is 105 cm³/mol. The highest BCUT2D eigenvalue weighted by Crippen LogP contribution is 2.29. The molecule has 0 radical (unpaired) electrons. The second-order valence-corrected chi connectivity index (χ2v) is 7.28. The minimum absolute atomic E-state index is 0.0203. The van der Waals surface area contributed by atoms with Crippen molar-refractivity contribution < 1.29 is 13.7 Å². The maximum Gasteiger partial charge on any atom is 0.329 e. The van der Waals surface area contributed by atoms with Crippen molar-refractivity contribution in [1.82, 2.24) is 9.97 Å². The number of benzene rings is 1. The van der Waals surface area contributed by atoms with Crippen LogP contribution in [0.5, 0.6) is 0 Å². The Kier molecular flexibility index (Phi) is 6.86. The summed E-state index contributed by atoms with van der Waals surface area (Å²) < 4.78 is 26.8. The lowest BCUT2D eigenvalue weighted by Gasteiger charge is -2.27. The van der Waals surface area contributed by atoms with E-state index in [9.17, 15) is 18.9 Å². The van der Waals surface area contributed by atoms with Crippen molar-refractivity contribution in [2.45, 2.75) is 32.2 Å². The Bertz CT molecular complexity index is 859. The summed E-state index contributed by atoms with van der Waals surface area (Å²) in [6.07, 6.45) is 5.27. The molecule has 0 amide bonds. The number of halogens is 2. The Morgan fingerprint density at radius 1 is 1.17 bits per heavy atom. The van der Waals surface area contributed by atoms with Gasteiger partial charge in [0.25, 0.3) is 0 Å². The van der Waals surface area contributed by atoms with Crippen LogP contribution >= 0.6 is 0 Å². The Labute approximate surface area is 167 Å². The Morgan fingerprint density at radius 2 is 1.90 bits per heavy atom. The first-order valence-corrected chi connectivity index (χ1v) is 9.59. The second kappa shape index (κ2) is 9.55. The molecule has 0 saturated heterocycles. The molecule has 1 aliphatic rings. The summed E-state index contributed by atoms with van der Waals surface area (Å²) in [6, 6.07) is 3.27. The van der Waals surface area contributed by atoms with Gasteiger partial charge in [-0.2, -0.15) is 4.98 Å². The molecular weight excluding hydrogens is 382 g/mol. The summed E-state index contributed by atoms with van der Waals surface area (Å²) in [7, 11) is 0. The first-order chi connectivity index (χ1) is 14.0. The van der Waals surface area contributed by atoms with Crippen molar-refractivity contribution in [2.24, 2.45) is 17.6 Å². The molecule has 156 valence electrons. The lowest BCUT2D eigenvalue weighted by molar-refractivity contribution is -0.384. The van der Waals surface area contributed by atoms with Gasteiger partial charge in [-0.3, -0.25) is 10.1 Å². The molecule has 0 unspecified atom stereocenters. The lowest BCUT2D eigenvalue weighted by atomic mass is 9.82. The van der Waals surface area contributed by atoms with Crippen LogP contribution in [-0.4, -0.2) is 28.0 Å². The molecule has 1 aromatic heterocycles. The number of aromatic nitrogens is 2. The summed E-state index contributed by atoms with van der Waals surface area (Å²) in [6.45, 7) is 1.29. The number of hydrogen-bond acceptors (Lipinski definition) is 7. The van der Waals surface area contributed by atoms with E-state index in [1.54, 1.807) is 0 Å². The topological polar surface area (TPSA) is 119 Å². The Balaban J connectivity index is 1.65. The highest BCUT2D eigenvalue weighted by molar-refractivity contribution is 5.57. The number of anilines is 2. The van der Waals surface area contributed by atoms with Gasteiger partial charge in [0.15, 0.2) is 0 Å². The van der Waals surface area contributed by atoms with Gasteiger partial charge < -0.3 is 16.4 Å². The van der Waals surface area contributed by atoms with Crippen LogP contribution in [0.15, 0.2) is 24.4 Å². The summed E-state index contributed by atoms with van der Waals surface area (Å²) in [5.41, 5.74) is 5.73. The van der Waals surface area contributed by atoms with Crippen LogP contribution in [0.2, 0.25) is 0 Å². The van der Waals surface area contributed by atoms with Gasteiger partial charge in [-0.25, -0.2) is 13.8 Å². The SMILES string of the molecule is NCC1CCC(CNc2nc(NCc3ccc(F)cc3F)ncc2[N+](=O)[O-])CC1. The van der Waals surface area contributed by atoms with Crippen LogP contribution in [0.1, 0.15) is 31.2 Å². The molecule has 1 aliphatic carbocycles. The van der Waals surface area contributed by atoms with Crippen molar-refractivity contribution in [2.75, 3.05) is 23.7 Å². The first-order valence-electron chi connectivity index (χ1n) is 9.59. The van der Waals surface area contributed by atoms with Crippen molar-refractivity contribution in [1.29, 1.82) is 0 Å². The molecule has 3 rings (SSSR count). The molecule has 0 spiro atoms. The van der Waals surface area contributed by atoms with Crippen LogP contribution in [0.25, 0.3) is 0 Å². The van der Waals surface area contributed by atoms with Crippen LogP contribution < -0.4 is 16.4 Å². The van der Waals surface area contributed by atoms with Gasteiger partial charge in [-0.05, 0) is 50.1 Å². The third kappa shape index (κ3) is 5.57. The molecule has 4 N–H and O–H groups in total. The second-order valence-electron chi connectivity index (χ2n) is 7.28. The van der Waals surface area contributed by atoms with E-state index in [2.05, 4.69) is 20.6 Å². The van der Waals surface area contributed by atoms with Gasteiger partial charge in [0.2, 0.25) is 11.8 Å². The number of nitrogens with zero attached hydrogens (tertiary/aromatic N) is 3. The Morgan fingerprint density at radius 3 is 2.55 bits per heavy atom. The monoisotopic (exact) mass is 406 g/mol. The molecule has 0 aliphatic heterocycles. The van der Waals surface area contributed by atoms with Gasteiger partial charge in [0.1, 0.15) is 17.8 Å². The smallest absolute Gasteiger partial charge is 0.329 e. The summed E-state index contributed by atoms with van der Waals surface area (Å²) >= 11 is 0. The van der Waals surface area contributed by atoms with Gasteiger partial charge in [0, 0.05) is 24.7 Å². The zero-order valence-electron chi connectivity index (χ0n) is 15.9. The third-order valence-electron chi connectivity index (χ3n) is 5.28. The average molecular weight is 406 g/mol. The molecule has 29 heavy (non-hydrogen) atoms. The van der Waals surface area contributed by atoms with Gasteiger partial charge in [0.05, 0.1) is 4.92 Å². The van der Waals surface area contributed by atoms with Crippen LogP contribution in [0, 0.1) is 33.6 Å². The zero-order chi connectivity index (χ0) is 20.8. The van der Waals surface area contributed by atoms with E-state index in [1.807, 2.05) is 0 Å². The summed E-state index contributed by atoms with van der Waals surface area (Å²) in [5, 5.41) is 17.2. The fourth-order valence-corrected chi connectivity index (χ4v) is 3.48. The van der Waals surface area contributed by atoms with Gasteiger partial charge in [-0.1, -0.05) is 6.07 Å². The molecule has 0 atom stereocenters. The fourth-order valence-electron chi connectivity index (χ4n) is 3.48. The van der Waals surface area contributed by atoms with Crippen molar-refractivity contribution >= 4 is 17.5 Å². The maximum absolute atomic E-state index is 13.8. The molecule has 1 saturated carbocycles. The minimum atomic E-state index is -0.689. The highest BCUT2D eigenvalue weighted by Gasteiger charge is 2.22. The van der Waals surface area contributed by atoms with E-state index in [-0.39, 0.29) is 29.6 Å². The van der Waals surface area contributed by atoms with Gasteiger partial charge >= 0.3 is 5.69 Å². The predicted octanol–water partition coefficient (Wildman–Crippen LogP) is 3.45. The average Bonchev–Trinajstić information content (AvgIpc) is 2.72. The number of rotatable bonds is 8. The fraction of sp³-hybridized carbons (Fsp3) is 0.474. The summed E-state index contributed by atoms with van der Waals surface area (Å²) in [4.78, 5) is 18.8. The van der Waals surface area contributed by atoms with E-state index in [0.717, 1.165) is 44.0 Å². The van der Waals surface area contributed by atoms with Gasteiger partial charge in [-0.15, -0.1) is 0 Å². The first kappa shape index (κ1) is 20.8. The largest absolute Gasteiger partial charge is 0.364 e. The van der Waals surface area contributed by atoms with Crippen LogP contribution in [-0.2, 0) is 6.54 Å². The standard InChI is InChI=1S/C19H24F2N6O2/c20-15-6-5-14(16(21)7-15)10-24-19-25-11-17(27(28)29)18(26-19)23-9-13-3-1-12(8-22)2-4-13/h5-7,11-13H,1-4,8-10,22H2,(H2,23,24,25,26). The molecule has 1 aromatic carbocycles. The molecule has 0 bridgehead atoms. The molecule has 8 nitrogen and oxygen atoms in total. The number of nitrogens with one attached hydrogen (secondary N) is 2. The Hall–Kier alpha value is -2.88. The van der Waals surface area contributed by atoms with Crippen molar-refractivity contribution in [3.05, 3.63) is 51.7 Å². The lowest BCUT2D eigenvalue weighted by Crippen LogP contribution is -2.25. The number of nitro groups is 1. The normalized spacial score (nSPS) is 19.0. The molecule has 1 heterocycles.